The molecule has 0 radical (unpaired) electrons. The van der Waals surface area contributed by atoms with Crippen molar-refractivity contribution in [1.29, 1.82) is 0 Å². The molecule has 0 spiro atoms. The second kappa shape index (κ2) is 41.8. The Balaban J connectivity index is 0.0000000959. The number of amidine groups is 6. The summed E-state index contributed by atoms with van der Waals surface area (Å²) in [5.74, 6) is 7.73. The summed E-state index contributed by atoms with van der Waals surface area (Å²) in [4.78, 5) is 54.2. The van der Waals surface area contributed by atoms with Crippen LogP contribution in [0.2, 0.25) is 10.0 Å². The van der Waals surface area contributed by atoms with Crippen molar-refractivity contribution in [3.05, 3.63) is 337 Å². The Kier molecular flexibility index (Phi) is 26.7. The zero-order valence-electron chi connectivity index (χ0n) is 85.1. The molecular weight excluding hydrogens is 1910 g/mol. The van der Waals surface area contributed by atoms with Crippen molar-refractivity contribution in [1.82, 2.24) is 83.6 Å². The van der Waals surface area contributed by atoms with Crippen LogP contribution in [0.4, 0.5) is 34.1 Å². The number of hydrogen-bond acceptors (Lipinski definition) is 25. The summed E-state index contributed by atoms with van der Waals surface area (Å²) < 4.78 is 17.7. The molecule has 3 fully saturated rings. The van der Waals surface area contributed by atoms with Crippen molar-refractivity contribution in [2.75, 3.05) is 45.0 Å². The first-order chi connectivity index (χ1) is 73.4. The summed E-state index contributed by atoms with van der Waals surface area (Å²) in [5.41, 5.74) is 33.6. The van der Waals surface area contributed by atoms with Gasteiger partial charge in [0.1, 0.15) is 45.7 Å². The van der Waals surface area contributed by atoms with Crippen LogP contribution >= 0.6 is 23.2 Å². The molecule has 33 heteroatoms. The lowest BCUT2D eigenvalue weighted by atomic mass is 9.85. The molecule has 754 valence electrons. The summed E-state index contributed by atoms with van der Waals surface area (Å²) in [5, 5.41) is 56.7. The summed E-state index contributed by atoms with van der Waals surface area (Å²) >= 11 is 12.9. The number of benzene rings is 7. The molecule has 6 N–H and O–H groups in total. The molecule has 29 rings (SSSR count). The quantitative estimate of drug-likeness (QED) is 0.0555. The van der Waals surface area contributed by atoms with Crippen molar-refractivity contribution in [2.45, 2.75) is 196 Å². The number of aliphatic imine (C=N–C) groups is 7. The van der Waals surface area contributed by atoms with Crippen LogP contribution in [-0.4, -0.2) is 137 Å². The average molecular weight is 2030 g/mol. The number of aromatic nitrogens is 17. The van der Waals surface area contributed by atoms with Crippen LogP contribution in [0.15, 0.2) is 276 Å². The fraction of sp³-hybridized carbons (Fsp3) is 0.299. The van der Waals surface area contributed by atoms with Gasteiger partial charge in [-0.2, -0.15) is 30.6 Å². The van der Waals surface area contributed by atoms with Crippen LogP contribution < -0.4 is 31.9 Å². The molecule has 0 amide bonds. The minimum Gasteiger partial charge on any atom is -0.469 e. The fourth-order valence-corrected chi connectivity index (χ4v) is 22.4. The molecular formula is C117H116Cl2N30O. The van der Waals surface area contributed by atoms with Crippen LogP contribution in [0, 0.1) is 46.5 Å². The van der Waals surface area contributed by atoms with Crippen molar-refractivity contribution in [2.24, 2.45) is 53.8 Å². The van der Waals surface area contributed by atoms with Gasteiger partial charge in [-0.3, -0.25) is 83.0 Å². The highest BCUT2D eigenvalue weighted by molar-refractivity contribution is 6.36. The molecule has 4 aliphatic carbocycles. The maximum Gasteiger partial charge on any atom is 0.154 e. The molecule has 150 heavy (non-hydrogen) atoms. The minimum atomic E-state index is 0.564. The third-order valence-electron chi connectivity index (χ3n) is 30.1. The molecule has 31 nitrogen and oxygen atoms in total. The predicted octanol–water partition coefficient (Wildman–Crippen LogP) is 23.9. The number of nitrogens with one attached hydrogen (secondary N) is 6. The maximum absolute atomic E-state index is 6.47. The largest absolute Gasteiger partial charge is 0.469 e. The number of fused-ring (bicyclic) bond motifs is 11. The third-order valence-corrected chi connectivity index (χ3v) is 30.7. The van der Waals surface area contributed by atoms with E-state index >= 15 is 0 Å². The van der Waals surface area contributed by atoms with Crippen LogP contribution in [-0.2, 0) is 66.0 Å². The van der Waals surface area contributed by atoms with Crippen molar-refractivity contribution in [3.63, 3.8) is 0 Å². The number of nitrogens with zero attached hydrogens (tertiary/aromatic N) is 24. The lowest BCUT2D eigenvalue weighted by Gasteiger charge is -2.25. The predicted molar refractivity (Wildman–Crippen MR) is 601 cm³/mol. The zero-order chi connectivity index (χ0) is 102. The van der Waals surface area contributed by atoms with E-state index in [0.717, 1.165) is 243 Å². The molecule has 3 saturated carbocycles. The van der Waals surface area contributed by atoms with Gasteiger partial charge in [-0.1, -0.05) is 96.9 Å². The SMILES string of the molecule is CC1=CC(Cn2nc3ccc(NC4=NCc5cccnc54)cc3c2C)=NC1.Cc1c2cc(NC3=NCc4cccnc43)ccc2nn1C1CCCC1.Cc1cc(Cn2nc(C)c3cc(NC4=NCc5nccnc54)ccc32)co1.Cc1nn(CC2CCC2)c2ccc(NC3=NCc4ccccc43)cc12.Clc1cc(NC2=NCc3cccnc32)cc2cn(CC3CCC3)nc12.Cn1ncc2cc(NC3=NCC4=C3CCCC4)cc(Cl)c21. The van der Waals surface area contributed by atoms with E-state index in [1.165, 1.54) is 139 Å². The van der Waals surface area contributed by atoms with E-state index in [1.807, 2.05) is 102 Å². The number of anilines is 6. The Morgan fingerprint density at radius 1 is 0.407 bits per heavy atom. The Hall–Kier alpha value is -16.3. The lowest BCUT2D eigenvalue weighted by Crippen LogP contribution is -2.18. The molecule has 18 heterocycles. The van der Waals surface area contributed by atoms with Crippen molar-refractivity contribution < 1.29 is 4.42 Å². The molecule has 11 aromatic heterocycles. The van der Waals surface area contributed by atoms with E-state index in [1.54, 1.807) is 35.7 Å². The normalized spacial score (nSPS) is 16.1. The standard InChI is InChI=1S/C21H20N6.C21H22N4.C20H18N6O.C20H21N5.C19H18ClN5.C16H17ClN4/c1-13-8-17(23-10-13)12-27-14(2)18-9-16(5-6-19(18)26-27)25-21-20-15(11-24-21)4-3-7-22-20;1-14-19-11-17(23-21-18-8-3-2-7-16(18)12-22-21)9-10-20(19)25(24-14)13-15-5-4-6-15;1-12-7-14(11-27-12)10-26-18-4-3-15(8-16(18)13(2)25-26)24-20-19-17(9-23-20)21-5-6-22-19;1-13-17-11-15(23-20-19-14(12-22-20)5-4-10-21-19)8-9-18(17)24-25(13)16-6-2-3-7-16;20-16-8-15(23-19-18-13(9-22-19)5-2-6-21-18)7-14-11-25(24-17(14)16)10-12-3-1-4-12;1-21-15-11(9-19-21)6-12(7-14(15)17)20-16-13-5-3-2-4-10(13)8-18-16/h3-9H,10-12H2,1-2H3,(H,24,25);2-3,7-11,15H,4-6,12-13H2,1H3,(H,22,23);3-8,11H,9-10H2,1-2H3,(H,23,24);4-5,8-11,16H,2-3,6-7,12H2,1H3,(H,22,23);2,5-8,11-12H,1,3-4,9-10H2,(H,22,23);6-7,9H,2-5,8H2,1H3,(H,18,20). The van der Waals surface area contributed by atoms with Gasteiger partial charge in [-0.05, 0) is 262 Å². The van der Waals surface area contributed by atoms with Gasteiger partial charge < -0.3 is 36.3 Å². The van der Waals surface area contributed by atoms with Crippen LogP contribution in [0.3, 0.4) is 0 Å². The fourth-order valence-electron chi connectivity index (χ4n) is 21.7. The second-order valence-corrected chi connectivity index (χ2v) is 41.4. The molecule has 7 aromatic carbocycles. The number of hydrogen-bond donors (Lipinski definition) is 6. The molecule has 0 bridgehead atoms. The molecule has 11 aliphatic rings. The van der Waals surface area contributed by atoms with Gasteiger partial charge in [0.2, 0.25) is 0 Å². The Morgan fingerprint density at radius 3 is 1.59 bits per heavy atom. The van der Waals surface area contributed by atoms with Gasteiger partial charge in [0, 0.05) is 163 Å². The Labute approximate surface area is 877 Å². The summed E-state index contributed by atoms with van der Waals surface area (Å²) in [6.45, 7) is 21.0. The molecule has 7 aliphatic heterocycles. The van der Waals surface area contributed by atoms with Crippen LogP contribution in [0.5, 0.6) is 0 Å². The molecule has 18 aromatic rings. The van der Waals surface area contributed by atoms with Gasteiger partial charge >= 0.3 is 0 Å². The number of pyridine rings is 3. The van der Waals surface area contributed by atoms with Gasteiger partial charge in [0.25, 0.3) is 0 Å². The highest BCUT2D eigenvalue weighted by Gasteiger charge is 2.30. The van der Waals surface area contributed by atoms with Gasteiger partial charge in [0.15, 0.2) is 23.3 Å². The highest BCUT2D eigenvalue weighted by Crippen LogP contribution is 2.40. The van der Waals surface area contributed by atoms with E-state index in [4.69, 9.17) is 48.0 Å². The van der Waals surface area contributed by atoms with Crippen LogP contribution in [0.1, 0.15) is 193 Å². The van der Waals surface area contributed by atoms with E-state index in [9.17, 15) is 0 Å². The summed E-state index contributed by atoms with van der Waals surface area (Å²) in [7, 11) is 1.90. The highest BCUT2D eigenvalue weighted by atomic mass is 35.5. The molecule has 0 atom stereocenters. The number of aryl methyl sites for hydroxylation is 6. The molecule has 0 saturated heterocycles. The monoisotopic (exact) mass is 2030 g/mol. The van der Waals surface area contributed by atoms with Gasteiger partial charge in [-0.15, -0.1) is 0 Å². The Morgan fingerprint density at radius 2 is 0.947 bits per heavy atom. The second-order valence-electron chi connectivity index (χ2n) is 40.6. The first-order valence-corrected chi connectivity index (χ1v) is 52.9. The van der Waals surface area contributed by atoms with Gasteiger partial charge in [0.05, 0.1) is 138 Å². The molecule has 0 unspecified atom stereocenters. The third kappa shape index (κ3) is 20.2. The first-order valence-electron chi connectivity index (χ1n) is 52.1. The summed E-state index contributed by atoms with van der Waals surface area (Å²) in [6, 6.07) is 56.5. The van der Waals surface area contributed by atoms with E-state index in [0.29, 0.717) is 55.4 Å². The van der Waals surface area contributed by atoms with Gasteiger partial charge in [-0.25, -0.2) is 4.98 Å². The van der Waals surface area contributed by atoms with Crippen molar-refractivity contribution in [3.8, 4) is 0 Å². The first kappa shape index (κ1) is 95.9. The maximum atomic E-state index is 6.47. The Bertz CT molecular complexity index is 8620. The van der Waals surface area contributed by atoms with Crippen LogP contribution in [0.25, 0.3) is 65.4 Å². The van der Waals surface area contributed by atoms with E-state index in [-0.39, 0.29) is 0 Å². The zero-order valence-corrected chi connectivity index (χ0v) is 86.6. The summed E-state index contributed by atoms with van der Waals surface area (Å²) in [6.07, 6.45) is 34.8. The average Bonchev–Trinajstić information content (AvgIpc) is 1.64. The number of furan rings is 1. The number of halogens is 2. The smallest absolute Gasteiger partial charge is 0.154 e. The topological polar surface area (TPSA) is 343 Å². The van der Waals surface area contributed by atoms with Crippen molar-refractivity contribution >= 4 is 163 Å². The number of allylic oxidation sites excluding steroid dienone is 1. The number of rotatable bonds is 15. The van der Waals surface area contributed by atoms with E-state index in [2.05, 4.69) is 260 Å². The minimum absolute atomic E-state index is 0.564. The van der Waals surface area contributed by atoms with E-state index < -0.39 is 0 Å². The lowest BCUT2D eigenvalue weighted by molar-refractivity contribution is 0.267.